The summed E-state index contributed by atoms with van der Waals surface area (Å²) in [6, 6.07) is 10.6. The van der Waals surface area contributed by atoms with E-state index in [0.717, 1.165) is 0 Å². The zero-order chi connectivity index (χ0) is 13.4. The Morgan fingerprint density at radius 3 is 1.45 bits per heavy atom. The van der Waals surface area contributed by atoms with Crippen molar-refractivity contribution in [1.82, 2.24) is 15.0 Å². The number of fused-ring (bicyclic) bond motifs is 2. The molecule has 0 aromatic carbocycles. The number of hydrogen-bond donors (Lipinski definition) is 0. The standard InChI is InChI=1S/C17H13N3/c1-5-18-6-2-12(1)16-14-9-15(11-20-10-14)17(16)13-3-7-19-8-4-13/h1-11,16-17H. The second kappa shape index (κ2) is 4.53. The van der Waals surface area contributed by atoms with Crippen LogP contribution in [0.1, 0.15) is 34.1 Å². The SMILES string of the molecule is c1cc(C2c3cncc(c3)C2c2ccncc2)ccn1. The Labute approximate surface area is 117 Å². The highest BCUT2D eigenvalue weighted by Gasteiger charge is 2.33. The molecule has 3 heterocycles. The molecule has 96 valence electrons. The first-order valence-corrected chi connectivity index (χ1v) is 6.68. The van der Waals surface area contributed by atoms with Crippen molar-refractivity contribution in [2.24, 2.45) is 0 Å². The molecule has 4 rings (SSSR count). The predicted octanol–water partition coefficient (Wildman–Crippen LogP) is 3.15. The van der Waals surface area contributed by atoms with Gasteiger partial charge < -0.3 is 0 Å². The van der Waals surface area contributed by atoms with Gasteiger partial charge in [-0.15, -0.1) is 0 Å². The Bertz CT molecular complexity index is 665. The molecule has 0 N–H and O–H groups in total. The Morgan fingerprint density at radius 1 is 0.550 bits per heavy atom. The lowest BCUT2D eigenvalue weighted by Gasteiger charge is -2.21. The lowest BCUT2D eigenvalue weighted by molar-refractivity contribution is 0.729. The smallest absolute Gasteiger partial charge is 0.0306 e. The van der Waals surface area contributed by atoms with E-state index in [-0.39, 0.29) is 0 Å². The van der Waals surface area contributed by atoms with Crippen LogP contribution >= 0.6 is 0 Å². The van der Waals surface area contributed by atoms with Crippen LogP contribution < -0.4 is 0 Å². The largest absolute Gasteiger partial charge is 0.265 e. The molecular weight excluding hydrogens is 246 g/mol. The quantitative estimate of drug-likeness (QED) is 0.709. The molecule has 3 heteroatoms. The number of aromatic nitrogens is 3. The fraction of sp³-hybridized carbons (Fsp3) is 0.118. The monoisotopic (exact) mass is 259 g/mol. The van der Waals surface area contributed by atoms with Gasteiger partial charge in [-0.1, -0.05) is 6.07 Å². The molecular formula is C17H13N3. The number of nitrogens with zero attached hydrogens (tertiary/aromatic N) is 3. The van der Waals surface area contributed by atoms with Crippen LogP contribution in [0.5, 0.6) is 0 Å². The fourth-order valence-electron chi connectivity index (χ4n) is 3.11. The van der Waals surface area contributed by atoms with Crippen molar-refractivity contribution in [2.75, 3.05) is 0 Å². The van der Waals surface area contributed by atoms with Crippen LogP contribution in [0.15, 0.2) is 67.5 Å². The zero-order valence-corrected chi connectivity index (χ0v) is 10.8. The molecule has 2 unspecified atom stereocenters. The van der Waals surface area contributed by atoms with Gasteiger partial charge in [0.1, 0.15) is 0 Å². The summed E-state index contributed by atoms with van der Waals surface area (Å²) in [7, 11) is 0. The highest BCUT2D eigenvalue weighted by atomic mass is 14.7. The maximum atomic E-state index is 4.37. The van der Waals surface area contributed by atoms with Crippen LogP contribution in [0.3, 0.4) is 0 Å². The molecule has 20 heavy (non-hydrogen) atoms. The summed E-state index contributed by atoms with van der Waals surface area (Å²) in [6.07, 6.45) is 11.4. The lowest BCUT2D eigenvalue weighted by Crippen LogP contribution is -2.08. The highest BCUT2D eigenvalue weighted by molar-refractivity contribution is 5.48. The Kier molecular flexibility index (Phi) is 2.56. The van der Waals surface area contributed by atoms with Crippen LogP contribution in [0.4, 0.5) is 0 Å². The molecule has 0 spiro atoms. The summed E-state index contributed by atoms with van der Waals surface area (Å²) in [5.74, 6) is 0.635. The first kappa shape index (κ1) is 11.3. The number of rotatable bonds is 2. The van der Waals surface area contributed by atoms with E-state index in [1.54, 1.807) is 0 Å². The molecule has 2 bridgehead atoms. The third-order valence-corrected chi connectivity index (χ3v) is 3.96. The second-order valence-electron chi connectivity index (χ2n) is 5.07. The Morgan fingerprint density at radius 2 is 1.00 bits per heavy atom. The molecule has 0 fully saturated rings. The van der Waals surface area contributed by atoms with Crippen LogP contribution in [0.25, 0.3) is 0 Å². The second-order valence-corrected chi connectivity index (χ2v) is 5.07. The van der Waals surface area contributed by atoms with Crippen molar-refractivity contribution in [1.29, 1.82) is 0 Å². The first-order valence-electron chi connectivity index (χ1n) is 6.68. The van der Waals surface area contributed by atoms with Crippen molar-refractivity contribution in [2.45, 2.75) is 11.8 Å². The third kappa shape index (κ3) is 1.71. The molecule has 3 aromatic rings. The Balaban J connectivity index is 1.87. The van der Waals surface area contributed by atoms with Gasteiger partial charge in [0, 0.05) is 49.0 Å². The van der Waals surface area contributed by atoms with Gasteiger partial charge in [0.2, 0.25) is 0 Å². The van der Waals surface area contributed by atoms with E-state index in [0.29, 0.717) is 11.8 Å². The lowest BCUT2D eigenvalue weighted by atomic mass is 9.81. The molecule has 0 radical (unpaired) electrons. The molecule has 2 atom stereocenters. The van der Waals surface area contributed by atoms with Crippen molar-refractivity contribution < 1.29 is 0 Å². The maximum Gasteiger partial charge on any atom is 0.0306 e. The molecule has 3 nitrogen and oxygen atoms in total. The van der Waals surface area contributed by atoms with E-state index in [2.05, 4.69) is 45.3 Å². The van der Waals surface area contributed by atoms with Gasteiger partial charge in [-0.3, -0.25) is 15.0 Å². The Hall–Kier alpha value is -2.55. The van der Waals surface area contributed by atoms with E-state index in [1.165, 1.54) is 22.3 Å². The summed E-state index contributed by atoms with van der Waals surface area (Å²) in [5, 5.41) is 0. The molecule has 0 aliphatic heterocycles. The van der Waals surface area contributed by atoms with Gasteiger partial charge in [-0.25, -0.2) is 0 Å². The molecule has 3 aromatic heterocycles. The van der Waals surface area contributed by atoms with Crippen LogP contribution in [-0.2, 0) is 0 Å². The molecule has 0 saturated carbocycles. The van der Waals surface area contributed by atoms with E-state index in [9.17, 15) is 0 Å². The van der Waals surface area contributed by atoms with Crippen LogP contribution in [0, 0.1) is 0 Å². The van der Waals surface area contributed by atoms with Crippen LogP contribution in [-0.4, -0.2) is 15.0 Å². The molecule has 1 aliphatic carbocycles. The van der Waals surface area contributed by atoms with Crippen molar-refractivity contribution >= 4 is 0 Å². The maximum absolute atomic E-state index is 4.37. The number of pyridine rings is 3. The summed E-state index contributed by atoms with van der Waals surface area (Å²) in [4.78, 5) is 12.6. The van der Waals surface area contributed by atoms with Gasteiger partial charge in [0.25, 0.3) is 0 Å². The molecule has 1 aliphatic rings. The normalized spacial score (nSPS) is 20.0. The van der Waals surface area contributed by atoms with Gasteiger partial charge in [-0.05, 0) is 46.5 Å². The summed E-state index contributed by atoms with van der Waals surface area (Å²) < 4.78 is 0. The molecule has 0 saturated heterocycles. The van der Waals surface area contributed by atoms with Crippen LogP contribution in [0.2, 0.25) is 0 Å². The van der Waals surface area contributed by atoms with Gasteiger partial charge in [0.15, 0.2) is 0 Å². The summed E-state index contributed by atoms with van der Waals surface area (Å²) >= 11 is 0. The fourth-order valence-corrected chi connectivity index (χ4v) is 3.11. The minimum atomic E-state index is 0.317. The van der Waals surface area contributed by atoms with Gasteiger partial charge >= 0.3 is 0 Å². The van der Waals surface area contributed by atoms with Gasteiger partial charge in [0.05, 0.1) is 0 Å². The van der Waals surface area contributed by atoms with Crippen molar-refractivity contribution in [3.63, 3.8) is 0 Å². The van der Waals surface area contributed by atoms with E-state index in [4.69, 9.17) is 0 Å². The highest BCUT2D eigenvalue weighted by Crippen LogP contribution is 2.47. The minimum Gasteiger partial charge on any atom is -0.265 e. The average Bonchev–Trinajstić information content (AvgIpc) is 2.79. The number of hydrogen-bond acceptors (Lipinski definition) is 3. The van der Waals surface area contributed by atoms with Gasteiger partial charge in [-0.2, -0.15) is 0 Å². The first-order chi connectivity index (χ1) is 9.93. The van der Waals surface area contributed by atoms with E-state index < -0.39 is 0 Å². The topological polar surface area (TPSA) is 38.7 Å². The zero-order valence-electron chi connectivity index (χ0n) is 10.8. The van der Waals surface area contributed by atoms with E-state index >= 15 is 0 Å². The van der Waals surface area contributed by atoms with Crippen molar-refractivity contribution in [3.8, 4) is 0 Å². The van der Waals surface area contributed by atoms with E-state index in [1.807, 2.05) is 37.2 Å². The summed E-state index contributed by atoms with van der Waals surface area (Å²) in [5.41, 5.74) is 5.11. The predicted molar refractivity (Wildman–Crippen MR) is 76.4 cm³/mol. The average molecular weight is 259 g/mol. The molecule has 0 amide bonds. The van der Waals surface area contributed by atoms with Crippen molar-refractivity contribution in [3.05, 3.63) is 89.8 Å². The third-order valence-electron chi connectivity index (χ3n) is 3.96. The minimum absolute atomic E-state index is 0.317. The summed E-state index contributed by atoms with van der Waals surface area (Å²) in [6.45, 7) is 0.